The number of thiazole rings is 1. The molecule has 2 aromatic rings. The topological polar surface area (TPSA) is 17.3 Å². The maximum Gasteiger partial charge on any atom is 0.190 e. The van der Waals surface area contributed by atoms with Crippen molar-refractivity contribution in [3.63, 3.8) is 0 Å². The standard InChI is InChI=1S/C12H14N2S/c1-10(2)14-8-9-15-12(14)13-11-6-4-3-5-7-11/h3-10H,1-2H3. The van der Waals surface area contributed by atoms with Crippen LogP contribution >= 0.6 is 11.3 Å². The number of aromatic nitrogens is 1. The lowest BCUT2D eigenvalue weighted by atomic mass is 10.3. The van der Waals surface area contributed by atoms with Gasteiger partial charge in [0.15, 0.2) is 4.80 Å². The highest BCUT2D eigenvalue weighted by atomic mass is 32.1. The van der Waals surface area contributed by atoms with E-state index in [9.17, 15) is 0 Å². The van der Waals surface area contributed by atoms with E-state index in [-0.39, 0.29) is 0 Å². The van der Waals surface area contributed by atoms with Gasteiger partial charge in [0.1, 0.15) is 0 Å². The number of nitrogens with zero attached hydrogens (tertiary/aromatic N) is 2. The van der Waals surface area contributed by atoms with Crippen LogP contribution in [0, 0.1) is 0 Å². The monoisotopic (exact) mass is 218 g/mol. The van der Waals surface area contributed by atoms with Gasteiger partial charge in [-0.2, -0.15) is 0 Å². The van der Waals surface area contributed by atoms with Crippen LogP contribution in [0.1, 0.15) is 19.9 Å². The highest BCUT2D eigenvalue weighted by molar-refractivity contribution is 7.07. The molecule has 15 heavy (non-hydrogen) atoms. The van der Waals surface area contributed by atoms with Crippen LogP contribution in [-0.2, 0) is 0 Å². The third-order valence-electron chi connectivity index (χ3n) is 2.15. The molecular weight excluding hydrogens is 204 g/mol. The molecule has 0 aliphatic rings. The minimum absolute atomic E-state index is 0.457. The van der Waals surface area contributed by atoms with E-state index in [2.05, 4.69) is 35.0 Å². The first-order chi connectivity index (χ1) is 7.27. The zero-order chi connectivity index (χ0) is 10.7. The van der Waals surface area contributed by atoms with Crippen molar-refractivity contribution in [1.29, 1.82) is 0 Å². The zero-order valence-electron chi connectivity index (χ0n) is 8.92. The van der Waals surface area contributed by atoms with Crippen LogP contribution in [0.3, 0.4) is 0 Å². The maximum atomic E-state index is 4.60. The van der Waals surface area contributed by atoms with E-state index < -0.39 is 0 Å². The molecule has 0 saturated carbocycles. The van der Waals surface area contributed by atoms with Crippen molar-refractivity contribution in [3.8, 4) is 0 Å². The molecule has 0 radical (unpaired) electrons. The molecule has 0 amide bonds. The number of hydrogen-bond donors (Lipinski definition) is 0. The fourth-order valence-electron chi connectivity index (χ4n) is 1.37. The fraction of sp³-hybridized carbons (Fsp3) is 0.250. The Hall–Kier alpha value is -1.35. The Balaban J connectivity index is 2.46. The van der Waals surface area contributed by atoms with Gasteiger partial charge < -0.3 is 4.57 Å². The predicted molar refractivity (Wildman–Crippen MR) is 64.4 cm³/mol. The highest BCUT2D eigenvalue weighted by Crippen LogP contribution is 2.10. The second-order valence-electron chi connectivity index (χ2n) is 3.63. The van der Waals surface area contributed by atoms with E-state index in [1.807, 2.05) is 30.3 Å². The highest BCUT2D eigenvalue weighted by Gasteiger charge is 1.98. The lowest BCUT2D eigenvalue weighted by molar-refractivity contribution is 0.585. The summed E-state index contributed by atoms with van der Waals surface area (Å²) in [6.07, 6.45) is 2.08. The summed E-state index contributed by atoms with van der Waals surface area (Å²) >= 11 is 1.67. The third kappa shape index (κ3) is 2.36. The van der Waals surface area contributed by atoms with Gasteiger partial charge in [0.05, 0.1) is 5.69 Å². The Bertz CT molecular complexity index is 480. The molecule has 1 aromatic heterocycles. The molecule has 2 rings (SSSR count). The van der Waals surface area contributed by atoms with Crippen molar-refractivity contribution < 1.29 is 0 Å². The Labute approximate surface area is 93.5 Å². The molecule has 0 N–H and O–H groups in total. The Kier molecular flexibility index (Phi) is 3.02. The van der Waals surface area contributed by atoms with E-state index in [0.717, 1.165) is 10.5 Å². The number of hydrogen-bond acceptors (Lipinski definition) is 2. The second-order valence-corrected chi connectivity index (χ2v) is 4.51. The summed E-state index contributed by atoms with van der Waals surface area (Å²) in [4.78, 5) is 5.66. The molecule has 0 bridgehead atoms. The molecule has 0 unspecified atom stereocenters. The minimum atomic E-state index is 0.457. The summed E-state index contributed by atoms with van der Waals surface area (Å²) < 4.78 is 2.18. The van der Waals surface area contributed by atoms with Crippen LogP contribution in [0.5, 0.6) is 0 Å². The molecule has 2 nitrogen and oxygen atoms in total. The zero-order valence-corrected chi connectivity index (χ0v) is 9.74. The quantitative estimate of drug-likeness (QED) is 0.735. The van der Waals surface area contributed by atoms with Gasteiger partial charge in [-0.1, -0.05) is 18.2 Å². The number of benzene rings is 1. The van der Waals surface area contributed by atoms with Gasteiger partial charge in [-0.15, -0.1) is 11.3 Å². The lowest BCUT2D eigenvalue weighted by Gasteiger charge is -2.05. The van der Waals surface area contributed by atoms with Crippen LogP contribution in [0.4, 0.5) is 5.69 Å². The molecule has 0 spiro atoms. The van der Waals surface area contributed by atoms with Crippen molar-refractivity contribution in [2.45, 2.75) is 19.9 Å². The van der Waals surface area contributed by atoms with Crippen molar-refractivity contribution in [2.24, 2.45) is 4.99 Å². The fourth-order valence-corrected chi connectivity index (χ4v) is 2.24. The average molecular weight is 218 g/mol. The molecule has 78 valence electrons. The Morgan fingerprint density at radius 2 is 1.93 bits per heavy atom. The molecule has 3 heteroatoms. The smallest absolute Gasteiger partial charge is 0.190 e. The van der Waals surface area contributed by atoms with E-state index in [0.29, 0.717) is 6.04 Å². The minimum Gasteiger partial charge on any atom is -0.321 e. The summed E-state index contributed by atoms with van der Waals surface area (Å²) in [7, 11) is 0. The van der Waals surface area contributed by atoms with Gasteiger partial charge in [0.25, 0.3) is 0 Å². The van der Waals surface area contributed by atoms with Gasteiger partial charge >= 0.3 is 0 Å². The summed E-state index contributed by atoms with van der Waals surface area (Å²) in [6.45, 7) is 4.33. The summed E-state index contributed by atoms with van der Waals surface area (Å²) in [5.41, 5.74) is 1.01. The molecule has 0 fully saturated rings. The largest absolute Gasteiger partial charge is 0.321 e. The maximum absolute atomic E-state index is 4.60. The normalized spacial score (nSPS) is 12.3. The molecule has 0 saturated heterocycles. The van der Waals surface area contributed by atoms with Crippen LogP contribution < -0.4 is 4.80 Å². The molecule has 1 heterocycles. The van der Waals surface area contributed by atoms with E-state index in [1.54, 1.807) is 11.3 Å². The van der Waals surface area contributed by atoms with Gasteiger partial charge in [0.2, 0.25) is 0 Å². The van der Waals surface area contributed by atoms with Crippen molar-refractivity contribution in [2.75, 3.05) is 0 Å². The number of rotatable bonds is 2. The molecule has 0 atom stereocenters. The summed E-state index contributed by atoms with van der Waals surface area (Å²) in [5, 5.41) is 2.07. The van der Waals surface area contributed by atoms with Crippen molar-refractivity contribution >= 4 is 17.0 Å². The average Bonchev–Trinajstić information content (AvgIpc) is 2.67. The van der Waals surface area contributed by atoms with Gasteiger partial charge in [-0.05, 0) is 26.0 Å². The van der Waals surface area contributed by atoms with Crippen molar-refractivity contribution in [3.05, 3.63) is 46.7 Å². The number of para-hydroxylation sites is 1. The molecular formula is C12H14N2S. The van der Waals surface area contributed by atoms with E-state index in [1.165, 1.54) is 0 Å². The lowest BCUT2D eigenvalue weighted by Crippen LogP contribution is -2.15. The van der Waals surface area contributed by atoms with Crippen molar-refractivity contribution in [1.82, 2.24) is 4.57 Å². The first kappa shape index (κ1) is 10.2. The first-order valence-corrected chi connectivity index (χ1v) is 5.91. The van der Waals surface area contributed by atoms with Gasteiger partial charge in [-0.3, -0.25) is 0 Å². The third-order valence-corrected chi connectivity index (χ3v) is 2.92. The second kappa shape index (κ2) is 4.45. The molecule has 0 aliphatic heterocycles. The molecule has 1 aromatic carbocycles. The molecule has 0 aliphatic carbocycles. The first-order valence-electron chi connectivity index (χ1n) is 5.03. The Morgan fingerprint density at radius 3 is 2.60 bits per heavy atom. The summed E-state index contributed by atoms with van der Waals surface area (Å²) in [5.74, 6) is 0. The summed E-state index contributed by atoms with van der Waals surface area (Å²) in [6, 6.07) is 10.5. The Morgan fingerprint density at radius 1 is 1.20 bits per heavy atom. The van der Waals surface area contributed by atoms with Crippen LogP contribution in [0.15, 0.2) is 46.9 Å². The van der Waals surface area contributed by atoms with Crippen LogP contribution in [0.2, 0.25) is 0 Å². The van der Waals surface area contributed by atoms with Gasteiger partial charge in [-0.25, -0.2) is 4.99 Å². The van der Waals surface area contributed by atoms with Gasteiger partial charge in [0, 0.05) is 17.6 Å². The SMILES string of the molecule is CC(C)n1ccsc1=Nc1ccccc1. The van der Waals surface area contributed by atoms with E-state index in [4.69, 9.17) is 0 Å². The van der Waals surface area contributed by atoms with E-state index >= 15 is 0 Å². The van der Waals surface area contributed by atoms with Crippen LogP contribution in [-0.4, -0.2) is 4.57 Å². The van der Waals surface area contributed by atoms with Crippen LogP contribution in [0.25, 0.3) is 0 Å². The predicted octanol–water partition coefficient (Wildman–Crippen LogP) is 3.36.